The summed E-state index contributed by atoms with van der Waals surface area (Å²) in [6, 6.07) is 18.4. The zero-order chi connectivity index (χ0) is 14.5. The van der Waals surface area contributed by atoms with Crippen LogP contribution in [0, 0.1) is 23.7 Å². The van der Waals surface area contributed by atoms with Gasteiger partial charge in [0.1, 0.15) is 0 Å². The molecular formula is C15H14N4. The molecule has 0 radical (unpaired) electrons. The van der Waals surface area contributed by atoms with Crippen molar-refractivity contribution in [3.8, 4) is 24.3 Å². The lowest BCUT2D eigenvalue weighted by Gasteiger charge is -2.01. The fourth-order valence-electron chi connectivity index (χ4n) is 1.48. The number of benzene rings is 2. The van der Waals surface area contributed by atoms with E-state index in [4.69, 9.17) is 16.4 Å². The zero-order valence-electron chi connectivity index (χ0n) is 10.3. The van der Waals surface area contributed by atoms with Crippen LogP contribution in [0.15, 0.2) is 59.7 Å². The van der Waals surface area contributed by atoms with Crippen molar-refractivity contribution in [1.29, 1.82) is 10.5 Å². The van der Waals surface area contributed by atoms with Gasteiger partial charge in [0.25, 0.3) is 0 Å². The molecular weight excluding hydrogens is 236 g/mol. The van der Waals surface area contributed by atoms with Crippen LogP contribution < -0.4 is 5.84 Å². The Bertz CT molecular complexity index is 518. The first-order valence-electron chi connectivity index (χ1n) is 5.30. The van der Waals surface area contributed by atoms with Crippen molar-refractivity contribution in [3.05, 3.63) is 60.2 Å². The molecule has 0 atom stereocenters. The molecule has 0 spiro atoms. The van der Waals surface area contributed by atoms with Gasteiger partial charge in [-0.1, -0.05) is 54.6 Å². The highest BCUT2D eigenvalue weighted by atomic mass is 15.1. The number of hydrazone groups is 1. The Morgan fingerprint density at radius 3 is 1.74 bits per heavy atom. The summed E-state index contributed by atoms with van der Waals surface area (Å²) >= 11 is 0. The maximum atomic E-state index is 6.50. The van der Waals surface area contributed by atoms with Crippen LogP contribution in [0.3, 0.4) is 0 Å². The minimum absolute atomic E-state index is 1.01. The van der Waals surface area contributed by atoms with Gasteiger partial charge >= 0.3 is 0 Å². The van der Waals surface area contributed by atoms with Gasteiger partial charge in [-0.15, -0.1) is 0 Å². The average Bonchev–Trinajstić information content (AvgIpc) is 2.53. The van der Waals surface area contributed by atoms with Crippen molar-refractivity contribution in [2.24, 2.45) is 10.9 Å². The molecule has 0 heterocycles. The molecule has 0 amide bonds. The highest BCUT2D eigenvalue weighted by Gasteiger charge is 1.95. The molecule has 4 heteroatoms. The Kier molecular flexibility index (Phi) is 8.42. The fourth-order valence-corrected chi connectivity index (χ4v) is 1.48. The SMILES string of the molecule is C#N.C#N.NN=Cc1ccc(-c2ccccc2)cc1. The quantitative estimate of drug-likeness (QED) is 0.505. The van der Waals surface area contributed by atoms with Crippen molar-refractivity contribution in [2.45, 2.75) is 0 Å². The Balaban J connectivity index is 0.000000741. The van der Waals surface area contributed by atoms with Crippen LogP contribution in [-0.2, 0) is 0 Å². The van der Waals surface area contributed by atoms with Crippen molar-refractivity contribution < 1.29 is 0 Å². The van der Waals surface area contributed by atoms with Gasteiger partial charge in [0.05, 0.1) is 6.21 Å². The molecule has 19 heavy (non-hydrogen) atoms. The highest BCUT2D eigenvalue weighted by molar-refractivity contribution is 5.80. The molecule has 0 unspecified atom stereocenters. The largest absolute Gasteiger partial charge is 0.323 e. The van der Waals surface area contributed by atoms with E-state index < -0.39 is 0 Å². The lowest BCUT2D eigenvalue weighted by atomic mass is 10.0. The van der Waals surface area contributed by atoms with Crippen LogP contribution in [0.4, 0.5) is 0 Å². The van der Waals surface area contributed by atoms with E-state index in [0.717, 1.165) is 5.56 Å². The van der Waals surface area contributed by atoms with E-state index in [1.54, 1.807) is 6.21 Å². The van der Waals surface area contributed by atoms with E-state index in [9.17, 15) is 0 Å². The summed E-state index contributed by atoms with van der Waals surface area (Å²) in [6.45, 7) is 7.00. The minimum atomic E-state index is 1.01. The second-order valence-electron chi connectivity index (χ2n) is 3.27. The third-order valence-corrected chi connectivity index (χ3v) is 2.24. The van der Waals surface area contributed by atoms with Gasteiger partial charge in [-0.05, 0) is 16.7 Å². The van der Waals surface area contributed by atoms with E-state index in [1.807, 2.05) is 30.3 Å². The predicted octanol–water partition coefficient (Wildman–Crippen LogP) is 2.93. The first kappa shape index (κ1) is 15.9. The van der Waals surface area contributed by atoms with E-state index >= 15 is 0 Å². The minimum Gasteiger partial charge on any atom is -0.323 e. The van der Waals surface area contributed by atoms with Gasteiger partial charge < -0.3 is 5.84 Å². The molecule has 0 aliphatic carbocycles. The summed E-state index contributed by atoms with van der Waals surface area (Å²) in [5.41, 5.74) is 3.43. The van der Waals surface area contributed by atoms with Crippen molar-refractivity contribution in [2.75, 3.05) is 0 Å². The lowest BCUT2D eigenvalue weighted by molar-refractivity contribution is 1.26. The van der Waals surface area contributed by atoms with Crippen LogP contribution >= 0.6 is 0 Å². The smallest absolute Gasteiger partial charge is 0.0538 e. The van der Waals surface area contributed by atoms with Crippen molar-refractivity contribution in [3.63, 3.8) is 0 Å². The molecule has 0 aromatic heterocycles. The molecule has 0 aliphatic heterocycles. The molecule has 0 bridgehead atoms. The van der Waals surface area contributed by atoms with Gasteiger partial charge in [-0.3, -0.25) is 0 Å². The summed E-state index contributed by atoms with van der Waals surface area (Å²) in [6.07, 6.45) is 1.63. The Hall–Kier alpha value is -3.11. The van der Waals surface area contributed by atoms with Gasteiger partial charge in [0, 0.05) is 13.1 Å². The van der Waals surface area contributed by atoms with Crippen LogP contribution in [0.2, 0.25) is 0 Å². The van der Waals surface area contributed by atoms with Gasteiger partial charge in [0.15, 0.2) is 0 Å². The normalized spacial score (nSPS) is 8.63. The monoisotopic (exact) mass is 250 g/mol. The van der Waals surface area contributed by atoms with Crippen LogP contribution in [-0.4, -0.2) is 6.21 Å². The predicted molar refractivity (Wildman–Crippen MR) is 77.0 cm³/mol. The van der Waals surface area contributed by atoms with E-state index in [2.05, 4.69) is 42.5 Å². The summed E-state index contributed by atoms with van der Waals surface area (Å²) < 4.78 is 0. The van der Waals surface area contributed by atoms with Gasteiger partial charge in [-0.25, -0.2) is 10.5 Å². The maximum Gasteiger partial charge on any atom is 0.0538 e. The summed E-state index contributed by atoms with van der Waals surface area (Å²) in [5.74, 6) is 5.08. The maximum absolute atomic E-state index is 6.50. The van der Waals surface area contributed by atoms with E-state index in [1.165, 1.54) is 11.1 Å². The third kappa shape index (κ3) is 5.16. The molecule has 0 saturated carbocycles. The molecule has 2 aromatic rings. The van der Waals surface area contributed by atoms with Crippen LogP contribution in [0.5, 0.6) is 0 Å². The number of hydrogen-bond donors (Lipinski definition) is 1. The Labute approximate surface area is 113 Å². The lowest BCUT2D eigenvalue weighted by Crippen LogP contribution is -1.86. The molecule has 0 saturated heterocycles. The van der Waals surface area contributed by atoms with Gasteiger partial charge in [-0.2, -0.15) is 5.10 Å². The highest BCUT2D eigenvalue weighted by Crippen LogP contribution is 2.18. The Morgan fingerprint density at radius 1 is 0.789 bits per heavy atom. The topological polar surface area (TPSA) is 86.0 Å². The Morgan fingerprint density at radius 2 is 1.26 bits per heavy atom. The second-order valence-corrected chi connectivity index (χ2v) is 3.27. The number of nitrogens with two attached hydrogens (primary N) is 1. The van der Waals surface area contributed by atoms with Crippen LogP contribution in [0.25, 0.3) is 11.1 Å². The molecule has 2 aromatic carbocycles. The summed E-state index contributed by atoms with van der Waals surface area (Å²) in [5, 5.41) is 16.5. The molecule has 2 rings (SSSR count). The number of hydrogen-bond acceptors (Lipinski definition) is 4. The van der Waals surface area contributed by atoms with Crippen molar-refractivity contribution in [1.82, 2.24) is 0 Å². The van der Waals surface area contributed by atoms with E-state index in [-0.39, 0.29) is 0 Å². The second kappa shape index (κ2) is 10.1. The van der Waals surface area contributed by atoms with Gasteiger partial charge in [0.2, 0.25) is 0 Å². The summed E-state index contributed by atoms with van der Waals surface area (Å²) in [7, 11) is 0. The average molecular weight is 250 g/mol. The standard InChI is InChI=1S/C13H12N2.2CHN/c14-15-10-11-6-8-13(9-7-11)12-4-2-1-3-5-12;2*1-2/h1-10H,14H2;2*1H. The van der Waals surface area contributed by atoms with Crippen molar-refractivity contribution >= 4 is 6.21 Å². The first-order valence-corrected chi connectivity index (χ1v) is 5.30. The molecule has 2 N–H and O–H groups in total. The number of nitriles is 2. The summed E-state index contributed by atoms with van der Waals surface area (Å²) in [4.78, 5) is 0. The first-order chi connectivity index (χ1) is 9.40. The molecule has 0 fully saturated rings. The molecule has 94 valence electrons. The molecule has 0 aliphatic rings. The number of rotatable bonds is 2. The fraction of sp³-hybridized carbons (Fsp3) is 0. The number of nitrogens with zero attached hydrogens (tertiary/aromatic N) is 3. The molecule has 4 nitrogen and oxygen atoms in total. The third-order valence-electron chi connectivity index (χ3n) is 2.24. The van der Waals surface area contributed by atoms with Crippen LogP contribution in [0.1, 0.15) is 5.56 Å². The van der Waals surface area contributed by atoms with E-state index in [0.29, 0.717) is 0 Å². The zero-order valence-corrected chi connectivity index (χ0v) is 10.3.